The molecule has 3 aromatic heterocycles. The third-order valence-electron chi connectivity index (χ3n) is 4.41. The molecule has 0 bridgehead atoms. The van der Waals surface area contributed by atoms with Crippen LogP contribution < -0.4 is 5.32 Å². The van der Waals surface area contributed by atoms with Crippen LogP contribution in [0.1, 0.15) is 20.8 Å². The van der Waals surface area contributed by atoms with E-state index in [0.717, 1.165) is 28.2 Å². The predicted octanol–water partition coefficient (Wildman–Crippen LogP) is 4.44. The Bertz CT molecular complexity index is 1140. The molecule has 3 heterocycles. The fraction of sp³-hybridized carbons (Fsp3) is 0.182. The van der Waals surface area contributed by atoms with Gasteiger partial charge >= 0.3 is 0 Å². The van der Waals surface area contributed by atoms with Crippen molar-refractivity contribution >= 4 is 17.4 Å². The van der Waals surface area contributed by atoms with Crippen molar-refractivity contribution in [1.82, 2.24) is 19.6 Å². The first-order chi connectivity index (χ1) is 13.4. The second kappa shape index (κ2) is 6.88. The van der Waals surface area contributed by atoms with Gasteiger partial charge in [-0.3, -0.25) is 4.79 Å². The maximum absolute atomic E-state index is 12.2. The largest absolute Gasteiger partial charge is 0.310 e. The molecule has 0 aliphatic rings. The van der Waals surface area contributed by atoms with Crippen LogP contribution in [0.25, 0.3) is 28.2 Å². The topological polar surface area (TPSA) is 72.2 Å². The molecule has 1 N–H and O–H groups in total. The standard InChI is InChI=1S/C22H21N5O/c1-22(2,3)21(28)25-19-13-16(9-11-23-19)17-14-20-24-12-10-18(27(20)26-17)15-7-5-4-6-8-15/h4-14H,1-3H3,(H,23,25,28). The van der Waals surface area contributed by atoms with Crippen LogP contribution in [0.5, 0.6) is 0 Å². The molecule has 0 spiro atoms. The van der Waals surface area contributed by atoms with Crippen molar-refractivity contribution in [3.05, 3.63) is 67.0 Å². The van der Waals surface area contributed by atoms with Crippen molar-refractivity contribution in [1.29, 1.82) is 0 Å². The van der Waals surface area contributed by atoms with Gasteiger partial charge in [-0.25, -0.2) is 14.5 Å². The van der Waals surface area contributed by atoms with E-state index in [0.29, 0.717) is 5.82 Å². The van der Waals surface area contributed by atoms with Gasteiger partial charge in [-0.15, -0.1) is 0 Å². The molecule has 0 unspecified atom stereocenters. The Kier molecular flexibility index (Phi) is 4.39. The van der Waals surface area contributed by atoms with Gasteiger partial charge in [-0.2, -0.15) is 5.10 Å². The highest BCUT2D eigenvalue weighted by molar-refractivity contribution is 5.94. The Morgan fingerprint density at radius 3 is 2.43 bits per heavy atom. The second-order valence-electron chi connectivity index (χ2n) is 7.63. The average Bonchev–Trinajstić information content (AvgIpc) is 3.12. The van der Waals surface area contributed by atoms with E-state index >= 15 is 0 Å². The highest BCUT2D eigenvalue weighted by Gasteiger charge is 2.21. The van der Waals surface area contributed by atoms with Crippen LogP contribution in [0, 0.1) is 5.41 Å². The van der Waals surface area contributed by atoms with Gasteiger partial charge in [-0.1, -0.05) is 51.1 Å². The minimum Gasteiger partial charge on any atom is -0.310 e. The lowest BCUT2D eigenvalue weighted by atomic mass is 9.96. The summed E-state index contributed by atoms with van der Waals surface area (Å²) in [7, 11) is 0. The quantitative estimate of drug-likeness (QED) is 0.578. The van der Waals surface area contributed by atoms with Gasteiger partial charge in [0, 0.05) is 35.0 Å². The Balaban J connectivity index is 1.73. The molecule has 1 aromatic carbocycles. The molecule has 0 radical (unpaired) electrons. The van der Waals surface area contributed by atoms with E-state index in [1.165, 1.54) is 0 Å². The molecular formula is C22H21N5O. The summed E-state index contributed by atoms with van der Waals surface area (Å²) in [5.74, 6) is 0.422. The monoisotopic (exact) mass is 371 g/mol. The molecule has 0 aliphatic heterocycles. The molecule has 0 atom stereocenters. The normalized spacial score (nSPS) is 11.5. The zero-order valence-electron chi connectivity index (χ0n) is 16.0. The van der Waals surface area contributed by atoms with E-state index in [1.807, 2.05) is 79.9 Å². The van der Waals surface area contributed by atoms with Crippen LogP contribution in [0.3, 0.4) is 0 Å². The number of amides is 1. The number of carbonyl (C=O) groups excluding carboxylic acids is 1. The molecule has 0 fully saturated rings. The summed E-state index contributed by atoms with van der Waals surface area (Å²) >= 11 is 0. The molecular weight excluding hydrogens is 350 g/mol. The molecule has 0 saturated carbocycles. The lowest BCUT2D eigenvalue weighted by Gasteiger charge is -2.17. The molecule has 1 amide bonds. The van der Waals surface area contributed by atoms with E-state index in [-0.39, 0.29) is 5.91 Å². The molecule has 28 heavy (non-hydrogen) atoms. The van der Waals surface area contributed by atoms with Crippen LogP contribution >= 0.6 is 0 Å². The summed E-state index contributed by atoms with van der Waals surface area (Å²) in [5, 5.41) is 7.60. The molecule has 6 nitrogen and oxygen atoms in total. The summed E-state index contributed by atoms with van der Waals surface area (Å²) in [4.78, 5) is 20.9. The number of aromatic nitrogens is 4. The fourth-order valence-corrected chi connectivity index (χ4v) is 2.83. The van der Waals surface area contributed by atoms with Crippen LogP contribution in [0.4, 0.5) is 5.82 Å². The Morgan fingerprint density at radius 2 is 1.68 bits per heavy atom. The number of pyridine rings is 1. The molecule has 0 saturated heterocycles. The van der Waals surface area contributed by atoms with Crippen molar-refractivity contribution in [2.45, 2.75) is 20.8 Å². The minimum atomic E-state index is -0.491. The number of nitrogens with zero attached hydrogens (tertiary/aromatic N) is 4. The summed E-state index contributed by atoms with van der Waals surface area (Å²) < 4.78 is 1.83. The third-order valence-corrected chi connectivity index (χ3v) is 4.41. The summed E-state index contributed by atoms with van der Waals surface area (Å²) in [5.41, 5.74) is 3.93. The second-order valence-corrected chi connectivity index (χ2v) is 7.63. The predicted molar refractivity (Wildman–Crippen MR) is 110 cm³/mol. The van der Waals surface area contributed by atoms with Gasteiger partial charge in [0.1, 0.15) is 5.82 Å². The van der Waals surface area contributed by atoms with Crippen LogP contribution in [0.2, 0.25) is 0 Å². The van der Waals surface area contributed by atoms with E-state index < -0.39 is 5.41 Å². The van der Waals surface area contributed by atoms with Crippen molar-refractivity contribution in [3.63, 3.8) is 0 Å². The minimum absolute atomic E-state index is 0.0832. The summed E-state index contributed by atoms with van der Waals surface area (Å²) in [6.45, 7) is 5.60. The number of rotatable bonds is 3. The SMILES string of the molecule is CC(C)(C)C(=O)Nc1cc(-c2cc3nccc(-c4ccccc4)n3n2)ccn1. The first-order valence-corrected chi connectivity index (χ1v) is 9.10. The van der Waals surface area contributed by atoms with E-state index in [4.69, 9.17) is 5.10 Å². The lowest BCUT2D eigenvalue weighted by Crippen LogP contribution is -2.27. The number of hydrogen-bond acceptors (Lipinski definition) is 4. The number of fused-ring (bicyclic) bond motifs is 1. The number of hydrogen-bond donors (Lipinski definition) is 1. The van der Waals surface area contributed by atoms with Gasteiger partial charge in [0.15, 0.2) is 5.65 Å². The van der Waals surface area contributed by atoms with Gasteiger partial charge in [0.25, 0.3) is 0 Å². The summed E-state index contributed by atoms with van der Waals surface area (Å²) in [6.07, 6.45) is 3.45. The zero-order chi connectivity index (χ0) is 19.7. The molecule has 0 aliphatic carbocycles. The van der Waals surface area contributed by atoms with Crippen molar-refractivity contribution in [2.24, 2.45) is 5.41 Å². The van der Waals surface area contributed by atoms with Crippen molar-refractivity contribution in [3.8, 4) is 22.5 Å². The van der Waals surface area contributed by atoms with Gasteiger partial charge in [-0.05, 0) is 18.2 Å². The Hall–Kier alpha value is -3.54. The third kappa shape index (κ3) is 3.49. The van der Waals surface area contributed by atoms with Crippen molar-refractivity contribution < 1.29 is 4.79 Å². The van der Waals surface area contributed by atoms with Gasteiger partial charge in [0.05, 0.1) is 11.4 Å². The maximum Gasteiger partial charge on any atom is 0.230 e. The highest BCUT2D eigenvalue weighted by atomic mass is 16.2. The maximum atomic E-state index is 12.2. The van der Waals surface area contributed by atoms with Crippen LogP contribution in [-0.2, 0) is 4.79 Å². The summed E-state index contributed by atoms with van der Waals surface area (Å²) in [6, 6.07) is 17.6. The van der Waals surface area contributed by atoms with Crippen LogP contribution in [-0.4, -0.2) is 25.5 Å². The van der Waals surface area contributed by atoms with Crippen LogP contribution in [0.15, 0.2) is 67.0 Å². The lowest BCUT2D eigenvalue weighted by molar-refractivity contribution is -0.123. The number of anilines is 1. The first kappa shape index (κ1) is 17.9. The molecule has 4 rings (SSSR count). The fourth-order valence-electron chi connectivity index (χ4n) is 2.83. The van der Waals surface area contributed by atoms with E-state index in [1.54, 1.807) is 12.4 Å². The Morgan fingerprint density at radius 1 is 0.929 bits per heavy atom. The molecule has 6 heteroatoms. The highest BCUT2D eigenvalue weighted by Crippen LogP contribution is 2.25. The van der Waals surface area contributed by atoms with Gasteiger partial charge < -0.3 is 5.32 Å². The van der Waals surface area contributed by atoms with Gasteiger partial charge in [0.2, 0.25) is 5.91 Å². The average molecular weight is 371 g/mol. The smallest absolute Gasteiger partial charge is 0.230 e. The van der Waals surface area contributed by atoms with E-state index in [2.05, 4.69) is 15.3 Å². The van der Waals surface area contributed by atoms with Crippen molar-refractivity contribution in [2.75, 3.05) is 5.32 Å². The number of carbonyl (C=O) groups is 1. The molecule has 140 valence electrons. The number of nitrogens with one attached hydrogen (secondary N) is 1. The molecule has 4 aromatic rings. The number of benzene rings is 1. The van der Waals surface area contributed by atoms with E-state index in [9.17, 15) is 4.79 Å². The zero-order valence-corrected chi connectivity index (χ0v) is 16.0. The first-order valence-electron chi connectivity index (χ1n) is 9.10. The Labute approximate surface area is 163 Å².